The number of aromatic nitrogens is 1. The predicted octanol–water partition coefficient (Wildman–Crippen LogP) is 2.96. The van der Waals surface area contributed by atoms with E-state index >= 15 is 0 Å². The number of carbonyl (C=O) groups is 2. The lowest BCUT2D eigenvalue weighted by atomic mass is 10.1. The second-order valence-corrected chi connectivity index (χ2v) is 6.33. The van der Waals surface area contributed by atoms with Gasteiger partial charge in [0.2, 0.25) is 0 Å². The van der Waals surface area contributed by atoms with Gasteiger partial charge in [-0.15, -0.1) is 0 Å². The molecule has 1 N–H and O–H groups in total. The summed E-state index contributed by atoms with van der Waals surface area (Å²) in [6.07, 6.45) is 3.51. The van der Waals surface area contributed by atoms with E-state index in [4.69, 9.17) is 12.2 Å². The summed E-state index contributed by atoms with van der Waals surface area (Å²) in [6, 6.07) is 9.40. The Morgan fingerprint density at radius 2 is 1.92 bits per heavy atom. The van der Waals surface area contributed by atoms with Gasteiger partial charge in [0.05, 0.1) is 5.69 Å². The molecule has 6 heteroatoms. The lowest BCUT2D eigenvalue weighted by Crippen LogP contribution is -2.54. The molecule has 0 aliphatic carbocycles. The van der Waals surface area contributed by atoms with Gasteiger partial charge < -0.3 is 4.57 Å². The van der Waals surface area contributed by atoms with Crippen molar-refractivity contribution in [3.05, 3.63) is 58.9 Å². The van der Waals surface area contributed by atoms with Gasteiger partial charge in [-0.3, -0.25) is 19.8 Å². The van der Waals surface area contributed by atoms with Gasteiger partial charge in [-0.25, -0.2) is 0 Å². The van der Waals surface area contributed by atoms with Crippen LogP contribution in [0.25, 0.3) is 6.08 Å². The van der Waals surface area contributed by atoms with Crippen LogP contribution in [0, 0.1) is 13.8 Å². The molecule has 2 aromatic rings. The number of amides is 2. The summed E-state index contributed by atoms with van der Waals surface area (Å²) >= 11 is 5.23. The number of aryl methyl sites for hydroxylation is 3. The van der Waals surface area contributed by atoms with E-state index in [0.29, 0.717) is 5.69 Å². The first-order valence-corrected chi connectivity index (χ1v) is 8.47. The van der Waals surface area contributed by atoms with Crippen molar-refractivity contribution in [2.24, 2.45) is 0 Å². The smallest absolute Gasteiger partial charge is 0.270 e. The average Bonchev–Trinajstić information content (AvgIpc) is 3.02. The largest absolute Gasteiger partial charge is 0.348 e. The maximum Gasteiger partial charge on any atom is 0.270 e. The first kappa shape index (κ1) is 17.1. The number of nitrogens with one attached hydrogen (secondary N) is 1. The van der Waals surface area contributed by atoms with Crippen molar-refractivity contribution < 1.29 is 9.59 Å². The van der Waals surface area contributed by atoms with Crippen molar-refractivity contribution in [2.75, 3.05) is 4.90 Å². The minimum absolute atomic E-state index is 0.0697. The highest BCUT2D eigenvalue weighted by Gasteiger charge is 2.34. The van der Waals surface area contributed by atoms with Crippen LogP contribution in [0.5, 0.6) is 0 Å². The predicted molar refractivity (Wildman–Crippen MR) is 102 cm³/mol. The normalized spacial score (nSPS) is 16.5. The molecule has 5 nitrogen and oxygen atoms in total. The van der Waals surface area contributed by atoms with E-state index in [1.807, 2.05) is 61.9 Å². The fraction of sp³-hybridized carbons (Fsp3) is 0.211. The Morgan fingerprint density at radius 1 is 1.16 bits per heavy atom. The molecule has 2 heterocycles. The minimum atomic E-state index is -0.473. The topological polar surface area (TPSA) is 54.3 Å². The van der Waals surface area contributed by atoms with Crippen LogP contribution in [0.3, 0.4) is 0 Å². The molecule has 0 spiro atoms. The number of benzene rings is 1. The van der Waals surface area contributed by atoms with Gasteiger partial charge in [0, 0.05) is 18.4 Å². The Kier molecular flexibility index (Phi) is 4.55. The third kappa shape index (κ3) is 3.13. The lowest BCUT2D eigenvalue weighted by Gasteiger charge is -2.29. The zero-order valence-corrected chi connectivity index (χ0v) is 15.2. The van der Waals surface area contributed by atoms with Crippen LogP contribution in [-0.4, -0.2) is 21.5 Å². The molecular formula is C19H19N3O2S. The summed E-state index contributed by atoms with van der Waals surface area (Å²) in [5.74, 6) is -0.889. The van der Waals surface area contributed by atoms with Crippen molar-refractivity contribution in [3.63, 3.8) is 0 Å². The van der Waals surface area contributed by atoms with E-state index in [1.165, 1.54) is 4.90 Å². The van der Waals surface area contributed by atoms with E-state index in [9.17, 15) is 9.59 Å². The first-order chi connectivity index (χ1) is 11.9. The number of hydrogen-bond donors (Lipinski definition) is 1. The number of hydrogen-bond acceptors (Lipinski definition) is 3. The number of nitrogens with zero attached hydrogens (tertiary/aromatic N) is 2. The number of anilines is 1. The molecule has 2 amide bonds. The van der Waals surface area contributed by atoms with E-state index < -0.39 is 11.8 Å². The van der Waals surface area contributed by atoms with Crippen molar-refractivity contribution in [1.82, 2.24) is 9.88 Å². The Hall–Kier alpha value is -2.73. The van der Waals surface area contributed by atoms with Crippen molar-refractivity contribution in [1.29, 1.82) is 0 Å². The Morgan fingerprint density at radius 3 is 2.60 bits per heavy atom. The maximum absolute atomic E-state index is 13.0. The monoisotopic (exact) mass is 353 g/mol. The van der Waals surface area contributed by atoms with E-state index in [0.717, 1.165) is 23.4 Å². The molecule has 1 aliphatic rings. The summed E-state index contributed by atoms with van der Waals surface area (Å²) in [5, 5.41) is 2.71. The molecule has 1 aromatic heterocycles. The highest BCUT2D eigenvalue weighted by molar-refractivity contribution is 7.80. The Labute approximate surface area is 151 Å². The van der Waals surface area contributed by atoms with Crippen LogP contribution in [-0.2, 0) is 16.1 Å². The first-order valence-electron chi connectivity index (χ1n) is 8.06. The van der Waals surface area contributed by atoms with E-state index in [2.05, 4.69) is 5.32 Å². The molecule has 0 radical (unpaired) electrons. The fourth-order valence-electron chi connectivity index (χ4n) is 2.75. The van der Waals surface area contributed by atoms with Gasteiger partial charge in [0.15, 0.2) is 5.11 Å². The summed E-state index contributed by atoms with van der Waals surface area (Å²) in [7, 11) is 0. The van der Waals surface area contributed by atoms with Crippen LogP contribution in [0.1, 0.15) is 23.7 Å². The number of thiocarbonyl (C=S) groups is 1. The van der Waals surface area contributed by atoms with Crippen LogP contribution < -0.4 is 10.2 Å². The van der Waals surface area contributed by atoms with Gasteiger partial charge in [0.25, 0.3) is 11.8 Å². The molecule has 0 atom stereocenters. The van der Waals surface area contributed by atoms with Crippen LogP contribution >= 0.6 is 12.2 Å². The summed E-state index contributed by atoms with van der Waals surface area (Å²) < 4.78 is 1.96. The van der Waals surface area contributed by atoms with Crippen molar-refractivity contribution >= 4 is 40.9 Å². The maximum atomic E-state index is 13.0. The summed E-state index contributed by atoms with van der Waals surface area (Å²) in [6.45, 7) is 6.73. The fourth-order valence-corrected chi connectivity index (χ4v) is 3.03. The average molecular weight is 353 g/mol. The lowest BCUT2D eigenvalue weighted by molar-refractivity contribution is -0.122. The molecule has 0 saturated carbocycles. The standard InChI is InChI=1S/C19H19N3O2S/c1-4-21-9-5-6-14(21)11-16-17(23)20-19(25)22(18(16)24)15-8-7-12(2)13(3)10-15/h5-11H,4H2,1-3H3,(H,20,23,25)/b16-11+. The second kappa shape index (κ2) is 6.64. The molecular weight excluding hydrogens is 334 g/mol. The quantitative estimate of drug-likeness (QED) is 0.524. The Bertz CT molecular complexity index is 911. The molecule has 3 rings (SSSR count). The highest BCUT2D eigenvalue weighted by atomic mass is 32.1. The Balaban J connectivity index is 2.04. The molecule has 0 unspecified atom stereocenters. The van der Waals surface area contributed by atoms with Crippen LogP contribution in [0.4, 0.5) is 5.69 Å². The molecule has 128 valence electrons. The molecule has 1 fully saturated rings. The molecule has 1 aliphatic heterocycles. The van der Waals surface area contributed by atoms with Gasteiger partial charge in [-0.1, -0.05) is 6.07 Å². The molecule has 0 bridgehead atoms. The van der Waals surface area contributed by atoms with Crippen molar-refractivity contribution in [3.8, 4) is 0 Å². The third-order valence-corrected chi connectivity index (χ3v) is 4.63. The SMILES string of the molecule is CCn1cccc1/C=C1\C(=O)NC(=S)N(c2ccc(C)c(C)c2)C1=O. The number of rotatable bonds is 3. The zero-order chi connectivity index (χ0) is 18.1. The van der Waals surface area contributed by atoms with Crippen LogP contribution in [0.15, 0.2) is 42.1 Å². The zero-order valence-electron chi connectivity index (χ0n) is 14.4. The van der Waals surface area contributed by atoms with Crippen molar-refractivity contribution in [2.45, 2.75) is 27.3 Å². The molecule has 1 aromatic carbocycles. The molecule has 25 heavy (non-hydrogen) atoms. The second-order valence-electron chi connectivity index (χ2n) is 5.95. The van der Waals surface area contributed by atoms with Gasteiger partial charge in [0.1, 0.15) is 5.57 Å². The van der Waals surface area contributed by atoms with Gasteiger partial charge >= 0.3 is 0 Å². The summed E-state index contributed by atoms with van der Waals surface area (Å²) in [4.78, 5) is 26.7. The highest BCUT2D eigenvalue weighted by Crippen LogP contribution is 2.24. The number of carbonyl (C=O) groups excluding carboxylic acids is 2. The molecule has 1 saturated heterocycles. The summed E-state index contributed by atoms with van der Waals surface area (Å²) in [5.41, 5.74) is 3.69. The minimum Gasteiger partial charge on any atom is -0.348 e. The van der Waals surface area contributed by atoms with E-state index in [-0.39, 0.29) is 10.7 Å². The van der Waals surface area contributed by atoms with Gasteiger partial charge in [-0.2, -0.15) is 0 Å². The van der Waals surface area contributed by atoms with E-state index in [1.54, 1.807) is 6.08 Å². The van der Waals surface area contributed by atoms with Crippen LogP contribution in [0.2, 0.25) is 0 Å². The third-order valence-electron chi connectivity index (χ3n) is 4.35. The van der Waals surface area contributed by atoms with Gasteiger partial charge in [-0.05, 0) is 74.5 Å².